The minimum atomic E-state index is -0.983. The molecule has 0 heterocycles. The smallest absolute Gasteiger partial charge is 0.317 e. The van der Waals surface area contributed by atoms with Crippen LogP contribution in [0.5, 0.6) is 0 Å². The molecule has 7 nitrogen and oxygen atoms in total. The molecule has 0 fully saturated rings. The van der Waals surface area contributed by atoms with E-state index >= 15 is 0 Å². The number of hydrogen-bond acceptors (Lipinski definition) is 6. The molecular weight excluding hydrogens is 380 g/mol. The lowest BCUT2D eigenvalue weighted by Gasteiger charge is -2.14. The monoisotopic (exact) mass is 402 g/mol. The number of rotatable bonds is 8. The molecule has 2 rings (SSSR count). The van der Waals surface area contributed by atoms with E-state index in [4.69, 9.17) is 4.74 Å². The van der Waals surface area contributed by atoms with Gasteiger partial charge in [0.05, 0.1) is 15.6 Å². The van der Waals surface area contributed by atoms with Gasteiger partial charge in [-0.15, -0.1) is 11.8 Å². The van der Waals surface area contributed by atoms with Gasteiger partial charge in [0.25, 0.3) is 11.6 Å². The fourth-order valence-corrected chi connectivity index (χ4v) is 3.15. The van der Waals surface area contributed by atoms with Crippen LogP contribution < -0.4 is 5.32 Å². The number of nitro groups is 1. The largest absolute Gasteiger partial charge is 0.452 e. The first kappa shape index (κ1) is 21.4. The quantitative estimate of drug-likeness (QED) is 0.304. The van der Waals surface area contributed by atoms with E-state index in [0.29, 0.717) is 16.5 Å². The number of thioether (sulfide) groups is 1. The third-order valence-corrected chi connectivity index (χ3v) is 4.97. The second-order valence-electron chi connectivity index (χ2n) is 6.41. The van der Waals surface area contributed by atoms with Crippen LogP contribution in [-0.4, -0.2) is 28.7 Å². The lowest BCUT2D eigenvalue weighted by molar-refractivity contribution is -0.387. The summed E-state index contributed by atoms with van der Waals surface area (Å²) >= 11 is 0.998. The lowest BCUT2D eigenvalue weighted by Crippen LogP contribution is -2.30. The van der Waals surface area contributed by atoms with E-state index in [1.165, 1.54) is 13.0 Å². The molecule has 1 N–H and O–H groups in total. The molecule has 0 bridgehead atoms. The summed E-state index contributed by atoms with van der Waals surface area (Å²) in [6, 6.07) is 13.6. The molecule has 8 heteroatoms. The summed E-state index contributed by atoms with van der Waals surface area (Å²) in [5.41, 5.74) is 1.70. The number of para-hydroxylation sites is 1. The van der Waals surface area contributed by atoms with Crippen molar-refractivity contribution in [3.63, 3.8) is 0 Å². The Balaban J connectivity index is 1.86. The summed E-state index contributed by atoms with van der Waals surface area (Å²) in [6.07, 6.45) is -0.983. The van der Waals surface area contributed by atoms with E-state index in [-0.39, 0.29) is 11.4 Å². The van der Waals surface area contributed by atoms with Crippen molar-refractivity contribution < 1.29 is 19.2 Å². The zero-order chi connectivity index (χ0) is 20.7. The van der Waals surface area contributed by atoms with E-state index in [0.717, 1.165) is 17.3 Å². The maximum absolute atomic E-state index is 12.2. The van der Waals surface area contributed by atoms with Crippen molar-refractivity contribution >= 4 is 35.0 Å². The van der Waals surface area contributed by atoms with Crippen LogP contribution in [0.4, 0.5) is 11.4 Å². The molecule has 0 aromatic heterocycles. The maximum Gasteiger partial charge on any atom is 0.317 e. The number of nitro benzene ring substituents is 1. The van der Waals surface area contributed by atoms with Gasteiger partial charge < -0.3 is 10.1 Å². The fourth-order valence-electron chi connectivity index (χ4n) is 2.35. The second-order valence-corrected chi connectivity index (χ2v) is 7.43. The summed E-state index contributed by atoms with van der Waals surface area (Å²) in [5.74, 6) is -0.809. The van der Waals surface area contributed by atoms with Gasteiger partial charge in [-0.25, -0.2) is 0 Å². The number of hydrogen-bond donors (Lipinski definition) is 1. The predicted molar refractivity (Wildman–Crippen MR) is 109 cm³/mol. The molecule has 1 amide bonds. The third kappa shape index (κ3) is 6.09. The molecule has 148 valence electrons. The van der Waals surface area contributed by atoms with Crippen LogP contribution in [-0.2, 0) is 14.3 Å². The zero-order valence-corrected chi connectivity index (χ0v) is 16.7. The molecule has 0 aliphatic heterocycles. The Kier molecular flexibility index (Phi) is 7.57. The van der Waals surface area contributed by atoms with Crippen molar-refractivity contribution in [2.75, 3.05) is 11.1 Å². The number of ether oxygens (including phenoxy) is 1. The zero-order valence-electron chi connectivity index (χ0n) is 15.9. The summed E-state index contributed by atoms with van der Waals surface area (Å²) in [6.45, 7) is 5.64. The van der Waals surface area contributed by atoms with E-state index in [1.54, 1.807) is 30.3 Å². The Bertz CT molecular complexity index is 852. The molecule has 1 atom stereocenters. The SMILES string of the molecule is CC(C)c1ccc(NC(=O)[C@@H](C)OC(=O)CSc2ccccc2[N+](=O)[O-])cc1. The number of benzene rings is 2. The van der Waals surface area contributed by atoms with Crippen LogP contribution >= 0.6 is 11.8 Å². The highest BCUT2D eigenvalue weighted by molar-refractivity contribution is 8.00. The Labute approximate surface area is 167 Å². The Morgan fingerprint density at radius 2 is 1.75 bits per heavy atom. The Morgan fingerprint density at radius 1 is 1.11 bits per heavy atom. The van der Waals surface area contributed by atoms with Crippen molar-refractivity contribution in [3.8, 4) is 0 Å². The highest BCUT2D eigenvalue weighted by Crippen LogP contribution is 2.28. The van der Waals surface area contributed by atoms with Gasteiger partial charge in [0, 0.05) is 11.8 Å². The van der Waals surface area contributed by atoms with Gasteiger partial charge in [0.2, 0.25) is 0 Å². The van der Waals surface area contributed by atoms with Crippen molar-refractivity contribution in [2.45, 2.75) is 37.7 Å². The summed E-state index contributed by atoms with van der Waals surface area (Å²) in [5, 5.41) is 13.7. The van der Waals surface area contributed by atoms with E-state index < -0.39 is 22.9 Å². The first-order chi connectivity index (χ1) is 13.3. The van der Waals surface area contributed by atoms with Gasteiger partial charge in [-0.3, -0.25) is 19.7 Å². The van der Waals surface area contributed by atoms with Crippen LogP contribution in [0.3, 0.4) is 0 Å². The standard InChI is InChI=1S/C20H22N2O5S/c1-13(2)15-8-10-16(11-9-15)21-20(24)14(3)27-19(23)12-28-18-7-5-4-6-17(18)22(25)26/h4-11,13-14H,12H2,1-3H3,(H,21,24)/t14-/m1/s1. The van der Waals surface area contributed by atoms with Gasteiger partial charge in [0.15, 0.2) is 6.10 Å². The predicted octanol–water partition coefficient (Wildman–Crippen LogP) is 4.38. The summed E-state index contributed by atoms with van der Waals surface area (Å²) in [4.78, 5) is 35.0. The molecule has 2 aromatic carbocycles. The van der Waals surface area contributed by atoms with Gasteiger partial charge >= 0.3 is 5.97 Å². The second kappa shape index (κ2) is 9.89. The first-order valence-corrected chi connectivity index (χ1v) is 9.73. The van der Waals surface area contributed by atoms with Crippen LogP contribution in [0.1, 0.15) is 32.3 Å². The molecule has 0 saturated heterocycles. The van der Waals surface area contributed by atoms with Crippen LogP contribution in [0.2, 0.25) is 0 Å². The van der Waals surface area contributed by atoms with E-state index in [2.05, 4.69) is 19.2 Å². The summed E-state index contributed by atoms with van der Waals surface area (Å²) in [7, 11) is 0. The third-order valence-electron chi connectivity index (χ3n) is 3.93. The van der Waals surface area contributed by atoms with Crippen molar-refractivity contribution in [1.82, 2.24) is 0 Å². The number of anilines is 1. The number of nitrogens with zero attached hydrogens (tertiary/aromatic N) is 1. The number of amides is 1. The molecule has 0 unspecified atom stereocenters. The Hall–Kier alpha value is -2.87. The van der Waals surface area contributed by atoms with Crippen molar-refractivity contribution in [1.29, 1.82) is 0 Å². The van der Waals surface area contributed by atoms with Crippen LogP contribution in [0.15, 0.2) is 53.4 Å². The van der Waals surface area contributed by atoms with Crippen molar-refractivity contribution in [3.05, 3.63) is 64.2 Å². The molecule has 2 aromatic rings. The molecule has 0 aliphatic rings. The average Bonchev–Trinajstić information content (AvgIpc) is 2.66. The van der Waals surface area contributed by atoms with E-state index in [1.807, 2.05) is 12.1 Å². The minimum absolute atomic E-state index is 0.0732. The topological polar surface area (TPSA) is 98.5 Å². The number of esters is 1. The van der Waals surface area contributed by atoms with E-state index in [9.17, 15) is 19.7 Å². The maximum atomic E-state index is 12.2. The molecule has 0 saturated carbocycles. The minimum Gasteiger partial charge on any atom is -0.452 e. The number of carbonyl (C=O) groups excluding carboxylic acids is 2. The summed E-state index contributed by atoms with van der Waals surface area (Å²) < 4.78 is 5.13. The van der Waals surface area contributed by atoms with Crippen LogP contribution in [0, 0.1) is 10.1 Å². The average molecular weight is 402 g/mol. The molecule has 0 radical (unpaired) electrons. The van der Waals surface area contributed by atoms with Gasteiger partial charge in [-0.05, 0) is 36.6 Å². The first-order valence-electron chi connectivity index (χ1n) is 8.74. The fraction of sp³-hybridized carbons (Fsp3) is 0.300. The van der Waals surface area contributed by atoms with Crippen molar-refractivity contribution in [2.24, 2.45) is 0 Å². The molecule has 28 heavy (non-hydrogen) atoms. The highest BCUT2D eigenvalue weighted by Gasteiger charge is 2.20. The number of carbonyl (C=O) groups is 2. The Morgan fingerprint density at radius 3 is 2.36 bits per heavy atom. The number of nitrogens with one attached hydrogen (secondary N) is 1. The normalized spacial score (nSPS) is 11.7. The molecule has 0 aliphatic carbocycles. The van der Waals surface area contributed by atoms with Crippen LogP contribution in [0.25, 0.3) is 0 Å². The van der Waals surface area contributed by atoms with Gasteiger partial charge in [-0.2, -0.15) is 0 Å². The lowest BCUT2D eigenvalue weighted by atomic mass is 10.0. The highest BCUT2D eigenvalue weighted by atomic mass is 32.2. The molecule has 0 spiro atoms. The van der Waals surface area contributed by atoms with Gasteiger partial charge in [-0.1, -0.05) is 38.1 Å². The molecular formula is C20H22N2O5S. The van der Waals surface area contributed by atoms with Gasteiger partial charge in [0.1, 0.15) is 0 Å².